The number of aromatic nitrogens is 2. The molecule has 6 heteroatoms. The fourth-order valence-electron chi connectivity index (χ4n) is 4.72. The molecule has 1 N–H and O–H groups in total. The SMILES string of the molecule is Cc1c2c(nn1Cc1ccccc1)NC(=O)CC2c1ccc(N2CCN(C)CC2)cc1. The van der Waals surface area contributed by atoms with E-state index in [1.165, 1.54) is 16.8 Å². The van der Waals surface area contributed by atoms with Crippen molar-refractivity contribution in [1.29, 1.82) is 0 Å². The lowest BCUT2D eigenvalue weighted by Gasteiger charge is -2.34. The Morgan fingerprint density at radius 3 is 2.42 bits per heavy atom. The second-order valence-corrected chi connectivity index (χ2v) is 8.68. The van der Waals surface area contributed by atoms with E-state index < -0.39 is 0 Å². The summed E-state index contributed by atoms with van der Waals surface area (Å²) in [6.45, 7) is 7.10. The monoisotopic (exact) mass is 415 g/mol. The summed E-state index contributed by atoms with van der Waals surface area (Å²) >= 11 is 0. The summed E-state index contributed by atoms with van der Waals surface area (Å²) in [5.41, 5.74) is 5.89. The summed E-state index contributed by atoms with van der Waals surface area (Å²) in [4.78, 5) is 17.3. The molecular weight excluding hydrogens is 386 g/mol. The van der Waals surface area contributed by atoms with Crippen molar-refractivity contribution in [2.75, 3.05) is 43.4 Å². The van der Waals surface area contributed by atoms with Crippen LogP contribution in [0.1, 0.15) is 34.7 Å². The Bertz CT molecular complexity index is 1070. The van der Waals surface area contributed by atoms with Crippen LogP contribution < -0.4 is 10.2 Å². The minimum atomic E-state index is 0.0324. The standard InChI is InChI=1S/C25H29N5O/c1-18-24-22(20-8-10-21(11-9-20)29-14-12-28(2)13-15-29)16-23(31)26-25(24)27-30(18)17-19-6-4-3-5-7-19/h3-11,22H,12-17H2,1-2H3,(H,26,27,31). The largest absolute Gasteiger partial charge is 0.369 e. The van der Waals surface area contributed by atoms with Gasteiger partial charge in [-0.05, 0) is 37.2 Å². The van der Waals surface area contributed by atoms with Crippen LogP contribution in [0.5, 0.6) is 0 Å². The quantitative estimate of drug-likeness (QED) is 0.709. The van der Waals surface area contributed by atoms with Crippen LogP contribution in [0.3, 0.4) is 0 Å². The zero-order chi connectivity index (χ0) is 21.4. The molecule has 2 aliphatic heterocycles. The van der Waals surface area contributed by atoms with Gasteiger partial charge in [-0.25, -0.2) is 0 Å². The van der Waals surface area contributed by atoms with Gasteiger partial charge in [0.05, 0.1) is 6.54 Å². The number of hydrogen-bond acceptors (Lipinski definition) is 4. The average Bonchev–Trinajstić information content (AvgIpc) is 3.09. The molecule has 0 bridgehead atoms. The minimum Gasteiger partial charge on any atom is -0.369 e. The fourth-order valence-corrected chi connectivity index (χ4v) is 4.72. The van der Waals surface area contributed by atoms with E-state index in [1.807, 2.05) is 22.9 Å². The summed E-state index contributed by atoms with van der Waals surface area (Å²) in [7, 11) is 2.17. The maximum Gasteiger partial charge on any atom is 0.226 e. The van der Waals surface area contributed by atoms with Crippen molar-refractivity contribution < 1.29 is 4.79 Å². The van der Waals surface area contributed by atoms with Gasteiger partial charge in [0.15, 0.2) is 5.82 Å². The van der Waals surface area contributed by atoms with Gasteiger partial charge in [-0.2, -0.15) is 5.10 Å². The Balaban J connectivity index is 1.42. The zero-order valence-corrected chi connectivity index (χ0v) is 18.2. The number of amides is 1. The number of fused-ring (bicyclic) bond motifs is 1. The first-order valence-electron chi connectivity index (χ1n) is 11.0. The van der Waals surface area contributed by atoms with Gasteiger partial charge in [0.25, 0.3) is 0 Å². The van der Waals surface area contributed by atoms with Crippen LogP contribution in [-0.4, -0.2) is 53.8 Å². The van der Waals surface area contributed by atoms with Crippen molar-refractivity contribution >= 4 is 17.4 Å². The summed E-state index contributed by atoms with van der Waals surface area (Å²) in [6, 6.07) is 19.1. The van der Waals surface area contributed by atoms with Crippen LogP contribution >= 0.6 is 0 Å². The van der Waals surface area contributed by atoms with E-state index in [2.05, 4.69) is 65.5 Å². The number of nitrogens with zero attached hydrogens (tertiary/aromatic N) is 4. The molecule has 1 unspecified atom stereocenters. The topological polar surface area (TPSA) is 53.4 Å². The highest BCUT2D eigenvalue weighted by molar-refractivity contribution is 5.94. The van der Waals surface area contributed by atoms with Gasteiger partial charge in [0, 0.05) is 55.5 Å². The number of rotatable bonds is 4. The second kappa shape index (κ2) is 8.19. The third-order valence-electron chi connectivity index (χ3n) is 6.59. The van der Waals surface area contributed by atoms with Crippen LogP contribution in [-0.2, 0) is 11.3 Å². The van der Waals surface area contributed by atoms with E-state index in [0.717, 1.165) is 37.4 Å². The van der Waals surface area contributed by atoms with Gasteiger partial charge >= 0.3 is 0 Å². The predicted octanol–water partition coefficient (Wildman–Crippen LogP) is 3.47. The molecule has 31 heavy (non-hydrogen) atoms. The minimum absolute atomic E-state index is 0.0324. The predicted molar refractivity (Wildman–Crippen MR) is 124 cm³/mol. The Morgan fingerprint density at radius 1 is 1.00 bits per heavy atom. The van der Waals surface area contributed by atoms with E-state index in [4.69, 9.17) is 5.10 Å². The Morgan fingerprint density at radius 2 is 1.71 bits per heavy atom. The summed E-state index contributed by atoms with van der Waals surface area (Å²) in [6.07, 6.45) is 0.457. The average molecular weight is 416 g/mol. The van der Waals surface area contributed by atoms with Crippen LogP contribution in [0.15, 0.2) is 54.6 Å². The van der Waals surface area contributed by atoms with E-state index in [9.17, 15) is 4.79 Å². The normalized spacial score (nSPS) is 19.2. The Kier molecular flexibility index (Phi) is 5.24. The molecule has 1 saturated heterocycles. The van der Waals surface area contributed by atoms with E-state index >= 15 is 0 Å². The first kappa shape index (κ1) is 19.8. The van der Waals surface area contributed by atoms with E-state index in [0.29, 0.717) is 18.8 Å². The molecule has 0 aliphatic carbocycles. The molecule has 1 atom stereocenters. The third-order valence-corrected chi connectivity index (χ3v) is 6.59. The fraction of sp³-hybridized carbons (Fsp3) is 0.360. The second-order valence-electron chi connectivity index (χ2n) is 8.68. The van der Waals surface area contributed by atoms with Crippen molar-refractivity contribution in [2.45, 2.75) is 25.8 Å². The van der Waals surface area contributed by atoms with Crippen LogP contribution in [0.2, 0.25) is 0 Å². The van der Waals surface area contributed by atoms with Gasteiger partial charge in [-0.15, -0.1) is 0 Å². The molecule has 0 spiro atoms. The Hall–Kier alpha value is -3.12. The molecule has 0 radical (unpaired) electrons. The number of benzene rings is 2. The maximum absolute atomic E-state index is 12.5. The molecule has 1 amide bonds. The number of carbonyl (C=O) groups excluding carboxylic acids is 1. The third kappa shape index (κ3) is 3.95. The number of carbonyl (C=O) groups is 1. The number of piperazine rings is 1. The van der Waals surface area contributed by atoms with Crippen LogP contribution in [0, 0.1) is 6.92 Å². The molecule has 5 rings (SSSR count). The van der Waals surface area contributed by atoms with Crippen molar-refractivity contribution in [3.8, 4) is 0 Å². The number of anilines is 2. The first-order valence-corrected chi connectivity index (χ1v) is 11.0. The first-order chi connectivity index (χ1) is 15.1. The van der Waals surface area contributed by atoms with Crippen LogP contribution in [0.4, 0.5) is 11.5 Å². The number of likely N-dealkylation sites (N-methyl/N-ethyl adjacent to an activating group) is 1. The van der Waals surface area contributed by atoms with Gasteiger partial charge in [0.1, 0.15) is 0 Å². The molecule has 2 aromatic carbocycles. The summed E-state index contributed by atoms with van der Waals surface area (Å²) in [5, 5.41) is 7.73. The van der Waals surface area contributed by atoms with Crippen molar-refractivity contribution in [3.63, 3.8) is 0 Å². The molecule has 1 fully saturated rings. The number of nitrogens with one attached hydrogen (secondary N) is 1. The smallest absolute Gasteiger partial charge is 0.226 e. The molecule has 2 aliphatic rings. The van der Waals surface area contributed by atoms with Crippen molar-refractivity contribution in [2.24, 2.45) is 0 Å². The van der Waals surface area contributed by atoms with Gasteiger partial charge in [0.2, 0.25) is 5.91 Å². The lowest BCUT2D eigenvalue weighted by atomic mass is 9.85. The molecule has 1 aromatic heterocycles. The lowest BCUT2D eigenvalue weighted by molar-refractivity contribution is -0.116. The highest BCUT2D eigenvalue weighted by Gasteiger charge is 2.32. The number of hydrogen-bond donors (Lipinski definition) is 1. The highest BCUT2D eigenvalue weighted by Crippen LogP contribution is 2.39. The zero-order valence-electron chi connectivity index (χ0n) is 18.2. The molecule has 160 valence electrons. The molecule has 0 saturated carbocycles. The van der Waals surface area contributed by atoms with Gasteiger partial charge in [-0.1, -0.05) is 42.5 Å². The molecular formula is C25H29N5O. The summed E-state index contributed by atoms with van der Waals surface area (Å²) in [5.74, 6) is 0.776. The van der Waals surface area contributed by atoms with E-state index in [1.54, 1.807) is 0 Å². The lowest BCUT2D eigenvalue weighted by Crippen LogP contribution is -2.44. The molecule has 6 nitrogen and oxygen atoms in total. The molecule has 3 heterocycles. The van der Waals surface area contributed by atoms with Crippen molar-refractivity contribution in [1.82, 2.24) is 14.7 Å². The van der Waals surface area contributed by atoms with Crippen LogP contribution in [0.25, 0.3) is 0 Å². The van der Waals surface area contributed by atoms with Gasteiger partial charge < -0.3 is 15.1 Å². The van der Waals surface area contributed by atoms with Crippen molar-refractivity contribution in [3.05, 3.63) is 77.0 Å². The Labute approximate surface area is 183 Å². The highest BCUT2D eigenvalue weighted by atomic mass is 16.1. The van der Waals surface area contributed by atoms with E-state index in [-0.39, 0.29) is 11.8 Å². The van der Waals surface area contributed by atoms with Gasteiger partial charge in [-0.3, -0.25) is 9.48 Å². The summed E-state index contributed by atoms with van der Waals surface area (Å²) < 4.78 is 2.01. The molecule has 3 aromatic rings. The maximum atomic E-state index is 12.5.